The zero-order valence-electron chi connectivity index (χ0n) is 11.7. The predicted octanol–water partition coefficient (Wildman–Crippen LogP) is 3.51. The second-order valence-electron chi connectivity index (χ2n) is 5.30. The van der Waals surface area contributed by atoms with Crippen LogP contribution in [-0.2, 0) is 13.0 Å². The molecule has 0 spiro atoms. The quantitative estimate of drug-likeness (QED) is 0.819. The minimum Gasteiger partial charge on any atom is -0.397 e. The number of nitrogens with zero attached hydrogens (tertiary/aromatic N) is 1. The van der Waals surface area contributed by atoms with Crippen LogP contribution in [0.5, 0.6) is 0 Å². The van der Waals surface area contributed by atoms with Crippen LogP contribution in [0.15, 0.2) is 42.5 Å². The summed E-state index contributed by atoms with van der Waals surface area (Å²) in [7, 11) is 0. The lowest BCUT2D eigenvalue weighted by Crippen LogP contribution is -2.31. The number of aryl methyl sites for hydroxylation is 1. The first-order valence-electron chi connectivity index (χ1n) is 7.07. The highest BCUT2D eigenvalue weighted by Crippen LogP contribution is 2.26. The van der Waals surface area contributed by atoms with Gasteiger partial charge in [-0.15, -0.1) is 0 Å². The van der Waals surface area contributed by atoms with Gasteiger partial charge in [0.1, 0.15) is 0 Å². The molecular formula is C17H17ClN2O. The first-order chi connectivity index (χ1) is 10.2. The van der Waals surface area contributed by atoms with Crippen molar-refractivity contribution in [2.75, 3.05) is 12.3 Å². The molecule has 0 aliphatic carbocycles. The van der Waals surface area contributed by atoms with Gasteiger partial charge in [-0.1, -0.05) is 41.9 Å². The van der Waals surface area contributed by atoms with Crippen molar-refractivity contribution in [3.63, 3.8) is 0 Å². The van der Waals surface area contributed by atoms with E-state index in [1.54, 1.807) is 18.2 Å². The van der Waals surface area contributed by atoms with E-state index < -0.39 is 0 Å². The molecule has 0 unspecified atom stereocenters. The largest absolute Gasteiger partial charge is 0.397 e. The summed E-state index contributed by atoms with van der Waals surface area (Å²) in [6, 6.07) is 13.5. The number of carbonyl (C=O) groups excluding carboxylic acids is 1. The van der Waals surface area contributed by atoms with Crippen molar-refractivity contribution in [1.82, 2.24) is 4.90 Å². The second-order valence-corrected chi connectivity index (χ2v) is 5.71. The third-order valence-electron chi connectivity index (χ3n) is 3.92. The third-order valence-corrected chi connectivity index (χ3v) is 4.25. The number of fused-ring (bicyclic) bond motifs is 1. The Morgan fingerprint density at radius 1 is 1.10 bits per heavy atom. The number of hydrogen-bond donors (Lipinski definition) is 1. The van der Waals surface area contributed by atoms with Crippen molar-refractivity contribution in [2.45, 2.75) is 19.4 Å². The summed E-state index contributed by atoms with van der Waals surface area (Å²) >= 11 is 6.01. The Kier molecular flexibility index (Phi) is 3.84. The number of halogens is 1. The molecule has 2 aromatic carbocycles. The maximum atomic E-state index is 12.7. The Balaban J connectivity index is 1.90. The van der Waals surface area contributed by atoms with E-state index >= 15 is 0 Å². The Morgan fingerprint density at radius 3 is 2.67 bits per heavy atom. The summed E-state index contributed by atoms with van der Waals surface area (Å²) in [4.78, 5) is 14.6. The van der Waals surface area contributed by atoms with E-state index in [-0.39, 0.29) is 5.91 Å². The van der Waals surface area contributed by atoms with E-state index in [1.165, 1.54) is 11.1 Å². The molecule has 0 radical (unpaired) electrons. The highest BCUT2D eigenvalue weighted by Gasteiger charge is 2.22. The molecular weight excluding hydrogens is 284 g/mol. The summed E-state index contributed by atoms with van der Waals surface area (Å²) in [5, 5.41) is 0.427. The monoisotopic (exact) mass is 300 g/mol. The van der Waals surface area contributed by atoms with E-state index in [9.17, 15) is 4.79 Å². The normalized spacial score (nSPS) is 14.4. The van der Waals surface area contributed by atoms with E-state index in [0.717, 1.165) is 19.4 Å². The molecule has 3 nitrogen and oxygen atoms in total. The fourth-order valence-electron chi connectivity index (χ4n) is 2.77. The molecule has 108 valence electrons. The molecule has 1 heterocycles. The maximum absolute atomic E-state index is 12.7. The fraction of sp³-hybridized carbons (Fsp3) is 0.235. The van der Waals surface area contributed by atoms with Gasteiger partial charge in [0.05, 0.1) is 16.3 Å². The van der Waals surface area contributed by atoms with Gasteiger partial charge >= 0.3 is 0 Å². The lowest BCUT2D eigenvalue weighted by Gasteiger charge is -2.22. The van der Waals surface area contributed by atoms with Crippen LogP contribution in [0.25, 0.3) is 0 Å². The van der Waals surface area contributed by atoms with Crippen LogP contribution in [0.2, 0.25) is 5.02 Å². The predicted molar refractivity (Wildman–Crippen MR) is 85.4 cm³/mol. The number of anilines is 1. The zero-order valence-corrected chi connectivity index (χ0v) is 12.4. The molecule has 1 aliphatic heterocycles. The van der Waals surface area contributed by atoms with Crippen molar-refractivity contribution in [3.05, 3.63) is 64.2 Å². The summed E-state index contributed by atoms with van der Waals surface area (Å²) in [5.41, 5.74) is 9.33. The van der Waals surface area contributed by atoms with Crippen LogP contribution < -0.4 is 5.73 Å². The summed E-state index contributed by atoms with van der Waals surface area (Å²) in [5.74, 6) is -0.0493. The standard InChI is InChI=1S/C17H17ClN2O/c18-15-9-3-8-14(16(15)19)17(21)20-10-4-7-12-5-1-2-6-13(12)11-20/h1-3,5-6,8-9H,4,7,10-11,19H2. The fourth-order valence-corrected chi connectivity index (χ4v) is 2.94. The van der Waals surface area contributed by atoms with Gasteiger partial charge in [0.25, 0.3) is 5.91 Å². The molecule has 3 rings (SSSR count). The molecule has 0 saturated carbocycles. The number of benzene rings is 2. The molecule has 0 atom stereocenters. The van der Waals surface area contributed by atoms with Gasteiger partial charge in [0, 0.05) is 13.1 Å². The Bertz CT molecular complexity index is 684. The molecule has 0 bridgehead atoms. The smallest absolute Gasteiger partial charge is 0.256 e. The van der Waals surface area contributed by atoms with Gasteiger partial charge in [0.2, 0.25) is 0 Å². The van der Waals surface area contributed by atoms with Gasteiger partial charge < -0.3 is 10.6 Å². The molecule has 0 saturated heterocycles. The Hall–Kier alpha value is -2.00. The summed E-state index contributed by atoms with van der Waals surface area (Å²) in [6.45, 7) is 1.36. The number of carbonyl (C=O) groups is 1. The van der Waals surface area contributed by atoms with Crippen molar-refractivity contribution >= 4 is 23.2 Å². The highest BCUT2D eigenvalue weighted by atomic mass is 35.5. The lowest BCUT2D eigenvalue weighted by atomic mass is 10.0. The van der Waals surface area contributed by atoms with Crippen molar-refractivity contribution in [3.8, 4) is 0 Å². The first-order valence-corrected chi connectivity index (χ1v) is 7.44. The zero-order chi connectivity index (χ0) is 14.8. The van der Waals surface area contributed by atoms with E-state index in [1.807, 2.05) is 17.0 Å². The van der Waals surface area contributed by atoms with Crippen LogP contribution in [0.3, 0.4) is 0 Å². The van der Waals surface area contributed by atoms with E-state index in [2.05, 4.69) is 12.1 Å². The number of amides is 1. The van der Waals surface area contributed by atoms with E-state index in [0.29, 0.717) is 22.8 Å². The van der Waals surface area contributed by atoms with Gasteiger partial charge in [-0.2, -0.15) is 0 Å². The molecule has 2 N–H and O–H groups in total. The van der Waals surface area contributed by atoms with Crippen LogP contribution in [-0.4, -0.2) is 17.4 Å². The minimum absolute atomic E-state index is 0.0493. The van der Waals surface area contributed by atoms with Gasteiger partial charge in [-0.05, 0) is 36.1 Å². The van der Waals surface area contributed by atoms with Gasteiger partial charge in [-0.3, -0.25) is 4.79 Å². The molecule has 1 aliphatic rings. The van der Waals surface area contributed by atoms with Crippen LogP contribution >= 0.6 is 11.6 Å². The highest BCUT2D eigenvalue weighted by molar-refractivity contribution is 6.33. The number of para-hydroxylation sites is 1. The number of hydrogen-bond acceptors (Lipinski definition) is 2. The van der Waals surface area contributed by atoms with E-state index in [4.69, 9.17) is 17.3 Å². The number of rotatable bonds is 1. The van der Waals surface area contributed by atoms with Crippen molar-refractivity contribution in [1.29, 1.82) is 0 Å². The lowest BCUT2D eigenvalue weighted by molar-refractivity contribution is 0.0747. The average Bonchev–Trinajstić information content (AvgIpc) is 2.71. The van der Waals surface area contributed by atoms with Crippen molar-refractivity contribution < 1.29 is 4.79 Å². The molecule has 21 heavy (non-hydrogen) atoms. The first kappa shape index (κ1) is 14.0. The molecule has 0 aromatic heterocycles. The average molecular weight is 301 g/mol. The van der Waals surface area contributed by atoms with Crippen LogP contribution in [0.1, 0.15) is 27.9 Å². The minimum atomic E-state index is -0.0493. The van der Waals surface area contributed by atoms with Crippen LogP contribution in [0.4, 0.5) is 5.69 Å². The number of nitrogen functional groups attached to an aromatic ring is 1. The summed E-state index contributed by atoms with van der Waals surface area (Å²) in [6.07, 6.45) is 1.97. The SMILES string of the molecule is Nc1c(Cl)cccc1C(=O)N1CCCc2ccccc2C1. The topological polar surface area (TPSA) is 46.3 Å². The van der Waals surface area contributed by atoms with Crippen molar-refractivity contribution in [2.24, 2.45) is 0 Å². The Labute approximate surface area is 129 Å². The third kappa shape index (κ3) is 2.74. The number of nitrogens with two attached hydrogens (primary N) is 1. The van der Waals surface area contributed by atoms with Gasteiger partial charge in [-0.25, -0.2) is 0 Å². The molecule has 1 amide bonds. The van der Waals surface area contributed by atoms with Gasteiger partial charge in [0.15, 0.2) is 0 Å². The molecule has 2 aromatic rings. The molecule has 4 heteroatoms. The second kappa shape index (κ2) is 5.78. The van der Waals surface area contributed by atoms with Crippen LogP contribution in [0, 0.1) is 0 Å². The molecule has 0 fully saturated rings. The maximum Gasteiger partial charge on any atom is 0.256 e. The Morgan fingerprint density at radius 2 is 1.86 bits per heavy atom. The summed E-state index contributed by atoms with van der Waals surface area (Å²) < 4.78 is 0.